The Morgan fingerprint density at radius 2 is 2.13 bits per heavy atom. The normalized spacial score (nSPS) is 25.7. The molecule has 1 fully saturated rings. The molecular weight excluding hydrogens is 208 g/mol. The number of quaternary nitrogens is 1. The number of benzene rings is 1. The Kier molecular flexibility index (Phi) is 3.64. The van der Waals surface area contributed by atoms with Crippen LogP contribution < -0.4 is 5.32 Å². The van der Waals surface area contributed by atoms with Crippen LogP contribution in [0, 0.1) is 5.21 Å². The molecule has 2 rings (SSSR count). The van der Waals surface area contributed by atoms with Gasteiger partial charge in [0.1, 0.15) is 12.5 Å². The van der Waals surface area contributed by atoms with Crippen LogP contribution in [0.5, 0.6) is 0 Å². The lowest BCUT2D eigenvalue weighted by atomic mass is 10.2. The second kappa shape index (κ2) is 4.99. The molecule has 82 valence electrons. The van der Waals surface area contributed by atoms with Gasteiger partial charge in [-0.25, -0.2) is 0 Å². The van der Waals surface area contributed by atoms with Gasteiger partial charge < -0.3 is 9.85 Å². The predicted octanol–water partition coefficient (Wildman–Crippen LogP) is 1.75. The fraction of sp³-hybridized carbons (Fsp3) is 0.455. The average Bonchev–Trinajstić information content (AvgIpc) is 2.67. The Morgan fingerprint density at radius 1 is 1.33 bits per heavy atom. The van der Waals surface area contributed by atoms with Crippen molar-refractivity contribution in [1.82, 2.24) is 5.32 Å². The molecule has 0 amide bonds. The van der Waals surface area contributed by atoms with Gasteiger partial charge in [-0.05, 0) is 5.56 Å². The Balaban J connectivity index is 1.75. The van der Waals surface area contributed by atoms with Crippen LogP contribution in [0.25, 0.3) is 0 Å². The van der Waals surface area contributed by atoms with E-state index in [1.54, 1.807) is 11.8 Å². The molecule has 1 aromatic carbocycles. The summed E-state index contributed by atoms with van der Waals surface area (Å²) < 4.78 is -0.0858. The average molecular weight is 224 g/mol. The lowest BCUT2D eigenvalue weighted by molar-refractivity contribution is -0.855. The third-order valence-corrected chi connectivity index (χ3v) is 3.72. The predicted molar refractivity (Wildman–Crippen MR) is 64.0 cm³/mol. The molecule has 3 nitrogen and oxygen atoms in total. The summed E-state index contributed by atoms with van der Waals surface area (Å²) in [5, 5.41) is 15.1. The molecule has 0 aliphatic carbocycles. The van der Waals surface area contributed by atoms with Crippen molar-refractivity contribution in [2.75, 3.05) is 25.6 Å². The van der Waals surface area contributed by atoms with Gasteiger partial charge in [0, 0.05) is 5.75 Å². The lowest BCUT2D eigenvalue weighted by Crippen LogP contribution is -2.40. The van der Waals surface area contributed by atoms with E-state index in [0.717, 1.165) is 12.3 Å². The van der Waals surface area contributed by atoms with E-state index in [-0.39, 0.29) is 4.65 Å². The number of rotatable bonds is 4. The van der Waals surface area contributed by atoms with Crippen LogP contribution in [0.3, 0.4) is 0 Å². The summed E-state index contributed by atoms with van der Waals surface area (Å²) in [6.45, 7) is 2.14. The van der Waals surface area contributed by atoms with Gasteiger partial charge in [-0.3, -0.25) is 5.32 Å². The van der Waals surface area contributed by atoms with Crippen LogP contribution in [-0.4, -0.2) is 30.3 Å². The van der Waals surface area contributed by atoms with Crippen LogP contribution in [-0.2, 0) is 5.75 Å². The first-order valence-electron chi connectivity index (χ1n) is 5.18. The molecule has 0 aromatic heterocycles. The lowest BCUT2D eigenvalue weighted by Gasteiger charge is -2.36. The van der Waals surface area contributed by atoms with Crippen molar-refractivity contribution in [3.8, 4) is 0 Å². The molecule has 1 unspecified atom stereocenters. The van der Waals surface area contributed by atoms with E-state index in [2.05, 4.69) is 17.4 Å². The maximum Gasteiger partial charge on any atom is 0.133 e. The largest absolute Gasteiger partial charge is 0.631 e. The van der Waals surface area contributed by atoms with E-state index in [4.69, 9.17) is 0 Å². The van der Waals surface area contributed by atoms with Gasteiger partial charge in [0.15, 0.2) is 0 Å². The molecule has 1 aromatic rings. The highest BCUT2D eigenvalue weighted by molar-refractivity contribution is 7.98. The fourth-order valence-corrected chi connectivity index (χ4v) is 2.73. The van der Waals surface area contributed by atoms with E-state index >= 15 is 0 Å². The minimum atomic E-state index is -0.0858. The number of nitrogens with zero attached hydrogens (tertiary/aromatic N) is 1. The zero-order chi connectivity index (χ0) is 10.6. The van der Waals surface area contributed by atoms with Crippen LogP contribution >= 0.6 is 11.8 Å². The standard InChI is InChI=1S/C11H16N2OS/c14-13(7-6-12-9-13)10-15-8-11-4-2-1-3-5-11/h1-5,12H,6-10H2. The molecule has 0 radical (unpaired) electrons. The van der Waals surface area contributed by atoms with Gasteiger partial charge in [0.2, 0.25) is 0 Å². The van der Waals surface area contributed by atoms with E-state index in [1.807, 2.05) is 18.2 Å². The molecule has 0 saturated carbocycles. The first kappa shape index (κ1) is 11.0. The minimum absolute atomic E-state index is 0.0858. The summed E-state index contributed by atoms with van der Waals surface area (Å²) in [6, 6.07) is 10.3. The van der Waals surface area contributed by atoms with Crippen LogP contribution in [0.15, 0.2) is 30.3 Å². The number of hydroxylamine groups is 3. The molecule has 1 atom stereocenters. The van der Waals surface area contributed by atoms with Gasteiger partial charge >= 0.3 is 0 Å². The maximum absolute atomic E-state index is 11.9. The van der Waals surface area contributed by atoms with Crippen molar-refractivity contribution in [3.05, 3.63) is 41.1 Å². The molecule has 0 bridgehead atoms. The number of hydrogen-bond acceptors (Lipinski definition) is 3. The van der Waals surface area contributed by atoms with Crippen LogP contribution in [0.4, 0.5) is 0 Å². The molecule has 1 heterocycles. The summed E-state index contributed by atoms with van der Waals surface area (Å²) in [7, 11) is 0. The van der Waals surface area contributed by atoms with Crippen molar-refractivity contribution in [2.24, 2.45) is 0 Å². The topological polar surface area (TPSA) is 35.1 Å². The van der Waals surface area contributed by atoms with Crippen LogP contribution in [0.1, 0.15) is 5.56 Å². The van der Waals surface area contributed by atoms with Crippen molar-refractivity contribution in [2.45, 2.75) is 5.75 Å². The van der Waals surface area contributed by atoms with Crippen LogP contribution in [0.2, 0.25) is 0 Å². The number of hydrogen-bond donors (Lipinski definition) is 1. The zero-order valence-corrected chi connectivity index (χ0v) is 9.50. The van der Waals surface area contributed by atoms with Gasteiger partial charge in [-0.2, -0.15) is 0 Å². The van der Waals surface area contributed by atoms with Gasteiger partial charge in [0.25, 0.3) is 0 Å². The summed E-state index contributed by atoms with van der Waals surface area (Å²) in [4.78, 5) is 0. The van der Waals surface area contributed by atoms with Crippen molar-refractivity contribution < 1.29 is 4.65 Å². The Hall–Kier alpha value is -0.550. The summed E-state index contributed by atoms with van der Waals surface area (Å²) in [5.74, 6) is 1.59. The Labute approximate surface area is 94.6 Å². The first-order valence-corrected chi connectivity index (χ1v) is 6.33. The highest BCUT2D eigenvalue weighted by Crippen LogP contribution is 2.18. The monoisotopic (exact) mass is 224 g/mol. The third kappa shape index (κ3) is 3.21. The minimum Gasteiger partial charge on any atom is -0.631 e. The fourth-order valence-electron chi connectivity index (χ4n) is 1.66. The van der Waals surface area contributed by atoms with Crippen molar-refractivity contribution in [1.29, 1.82) is 0 Å². The SMILES string of the molecule is [O-][N+]1(CSCc2ccccc2)CCNC1. The Bertz CT molecular complexity index is 299. The zero-order valence-electron chi connectivity index (χ0n) is 8.69. The van der Waals surface area contributed by atoms with Gasteiger partial charge in [-0.15, -0.1) is 0 Å². The molecular formula is C11H16N2OS. The van der Waals surface area contributed by atoms with E-state index in [9.17, 15) is 5.21 Å². The quantitative estimate of drug-likeness (QED) is 0.625. The molecule has 1 aliphatic heterocycles. The van der Waals surface area contributed by atoms with E-state index in [0.29, 0.717) is 19.1 Å². The number of nitrogens with one attached hydrogen (secondary N) is 1. The molecule has 0 spiro atoms. The summed E-state index contributed by atoms with van der Waals surface area (Å²) in [5.41, 5.74) is 1.29. The van der Waals surface area contributed by atoms with Gasteiger partial charge in [-0.1, -0.05) is 42.1 Å². The second-order valence-corrected chi connectivity index (χ2v) is 4.86. The molecule has 15 heavy (non-hydrogen) atoms. The smallest absolute Gasteiger partial charge is 0.133 e. The Morgan fingerprint density at radius 3 is 2.80 bits per heavy atom. The van der Waals surface area contributed by atoms with Crippen molar-refractivity contribution in [3.63, 3.8) is 0 Å². The molecule has 4 heteroatoms. The first-order chi connectivity index (χ1) is 7.29. The van der Waals surface area contributed by atoms with Gasteiger partial charge in [0.05, 0.1) is 13.1 Å². The van der Waals surface area contributed by atoms with Crippen molar-refractivity contribution >= 4 is 11.8 Å². The van der Waals surface area contributed by atoms with E-state index in [1.165, 1.54) is 5.56 Å². The maximum atomic E-state index is 11.9. The third-order valence-electron chi connectivity index (χ3n) is 2.53. The molecule has 1 saturated heterocycles. The van der Waals surface area contributed by atoms with E-state index < -0.39 is 0 Å². The highest BCUT2D eigenvalue weighted by atomic mass is 32.2. The molecule has 1 aliphatic rings. The number of thioether (sulfide) groups is 1. The highest BCUT2D eigenvalue weighted by Gasteiger charge is 2.21. The molecule has 1 N–H and O–H groups in total. The second-order valence-electron chi connectivity index (χ2n) is 3.90. The summed E-state index contributed by atoms with van der Waals surface area (Å²) in [6.07, 6.45) is 0. The summed E-state index contributed by atoms with van der Waals surface area (Å²) >= 11 is 1.72.